The summed E-state index contributed by atoms with van der Waals surface area (Å²) in [7, 11) is 0. The average molecular weight is 215 g/mol. The van der Waals surface area contributed by atoms with Crippen molar-refractivity contribution in [2.45, 2.75) is 45.7 Å². The molecule has 0 aliphatic rings. The van der Waals surface area contributed by atoms with E-state index in [0.29, 0.717) is 6.54 Å². The highest BCUT2D eigenvalue weighted by molar-refractivity contribution is 5.87. The summed E-state index contributed by atoms with van der Waals surface area (Å²) in [6.07, 6.45) is 0.984. The molecule has 15 heavy (non-hydrogen) atoms. The zero-order valence-electron chi connectivity index (χ0n) is 9.67. The number of nitrogens with two attached hydrogens (primary N) is 1. The Morgan fingerprint density at radius 1 is 1.33 bits per heavy atom. The summed E-state index contributed by atoms with van der Waals surface area (Å²) in [4.78, 5) is 22.4. The molecule has 0 aromatic rings. The lowest BCUT2D eigenvalue weighted by atomic mass is 10.1. The second kappa shape index (κ2) is 7.23. The molecule has 88 valence electrons. The fraction of sp³-hybridized carbons (Fsp3) is 0.800. The molecule has 5 heteroatoms. The zero-order chi connectivity index (χ0) is 11.8. The van der Waals surface area contributed by atoms with E-state index in [1.165, 1.54) is 0 Å². The summed E-state index contributed by atoms with van der Waals surface area (Å²) in [5.74, 6) is -0.635. The van der Waals surface area contributed by atoms with Gasteiger partial charge in [0.05, 0.1) is 12.5 Å². The molecule has 0 fully saturated rings. The number of hydrogen-bond acceptors (Lipinski definition) is 3. The average Bonchev–Trinajstić information content (AvgIpc) is 2.12. The first kappa shape index (κ1) is 13.9. The molecular weight excluding hydrogens is 194 g/mol. The molecule has 0 aromatic heterocycles. The van der Waals surface area contributed by atoms with Gasteiger partial charge < -0.3 is 16.4 Å². The van der Waals surface area contributed by atoms with Gasteiger partial charge in [-0.2, -0.15) is 0 Å². The van der Waals surface area contributed by atoms with Crippen LogP contribution < -0.4 is 16.4 Å². The number of carbonyl (C=O) groups excluding carboxylic acids is 2. The molecule has 0 aliphatic carbocycles. The van der Waals surface area contributed by atoms with Crippen molar-refractivity contribution < 1.29 is 9.59 Å². The molecule has 0 saturated carbocycles. The molecule has 0 spiro atoms. The monoisotopic (exact) mass is 215 g/mol. The topological polar surface area (TPSA) is 84.2 Å². The van der Waals surface area contributed by atoms with Crippen molar-refractivity contribution >= 4 is 11.8 Å². The fourth-order valence-corrected chi connectivity index (χ4v) is 1.17. The quantitative estimate of drug-likeness (QED) is 0.548. The third kappa shape index (κ3) is 6.90. The summed E-state index contributed by atoms with van der Waals surface area (Å²) in [5, 5.41) is 5.66. The van der Waals surface area contributed by atoms with Gasteiger partial charge in [-0.3, -0.25) is 9.59 Å². The molecule has 2 amide bonds. The van der Waals surface area contributed by atoms with Crippen LogP contribution in [0, 0.1) is 0 Å². The minimum Gasteiger partial charge on any atom is -0.368 e. The van der Waals surface area contributed by atoms with Gasteiger partial charge in [0, 0.05) is 12.6 Å². The maximum absolute atomic E-state index is 11.3. The Kier molecular flexibility index (Phi) is 6.70. The van der Waals surface area contributed by atoms with Crippen molar-refractivity contribution in [1.82, 2.24) is 10.6 Å². The van der Waals surface area contributed by atoms with Crippen molar-refractivity contribution in [3.8, 4) is 0 Å². The largest absolute Gasteiger partial charge is 0.368 e. The predicted molar refractivity (Wildman–Crippen MR) is 59.2 cm³/mol. The minimum absolute atomic E-state index is 0.105. The number of rotatable bonds is 7. The van der Waals surface area contributed by atoms with Gasteiger partial charge in [0.25, 0.3) is 0 Å². The van der Waals surface area contributed by atoms with Gasteiger partial charge in [0.2, 0.25) is 11.8 Å². The summed E-state index contributed by atoms with van der Waals surface area (Å²) in [5.41, 5.74) is 5.18. The maximum Gasteiger partial charge on any atom is 0.235 e. The van der Waals surface area contributed by atoms with Crippen LogP contribution in [0.15, 0.2) is 0 Å². The molecule has 0 rings (SSSR count). The smallest absolute Gasteiger partial charge is 0.235 e. The molecule has 4 N–H and O–H groups in total. The molecule has 0 aliphatic heterocycles. The number of primary amides is 1. The molecule has 0 bridgehead atoms. The highest BCUT2D eigenvalue weighted by Crippen LogP contribution is 1.94. The second-order valence-electron chi connectivity index (χ2n) is 3.83. The molecular formula is C10H21N3O2. The van der Waals surface area contributed by atoms with E-state index in [9.17, 15) is 9.59 Å². The van der Waals surface area contributed by atoms with Crippen LogP contribution in [-0.2, 0) is 9.59 Å². The molecule has 0 heterocycles. The van der Waals surface area contributed by atoms with Crippen molar-refractivity contribution in [2.24, 2.45) is 5.73 Å². The van der Waals surface area contributed by atoms with Crippen LogP contribution in [0.5, 0.6) is 0 Å². The lowest BCUT2D eigenvalue weighted by molar-refractivity contribution is -0.126. The lowest BCUT2D eigenvalue weighted by Crippen LogP contribution is -2.47. The van der Waals surface area contributed by atoms with Crippen LogP contribution in [-0.4, -0.2) is 30.4 Å². The number of amides is 2. The van der Waals surface area contributed by atoms with Gasteiger partial charge >= 0.3 is 0 Å². The Labute approximate surface area is 90.8 Å². The van der Waals surface area contributed by atoms with Gasteiger partial charge in [0.1, 0.15) is 0 Å². The number of carbonyl (C=O) groups is 2. The Balaban J connectivity index is 4.05. The van der Waals surface area contributed by atoms with E-state index < -0.39 is 11.9 Å². The third-order valence-corrected chi connectivity index (χ3v) is 1.84. The molecule has 0 aromatic carbocycles. The van der Waals surface area contributed by atoms with Crippen LogP contribution in [0.1, 0.15) is 33.6 Å². The molecule has 5 nitrogen and oxygen atoms in total. The van der Waals surface area contributed by atoms with E-state index in [-0.39, 0.29) is 18.4 Å². The Bertz CT molecular complexity index is 217. The first-order chi connectivity index (χ1) is 6.97. The highest BCUT2D eigenvalue weighted by atomic mass is 16.2. The third-order valence-electron chi connectivity index (χ3n) is 1.84. The second-order valence-corrected chi connectivity index (χ2v) is 3.83. The van der Waals surface area contributed by atoms with Crippen molar-refractivity contribution in [1.29, 1.82) is 0 Å². The summed E-state index contributed by atoms with van der Waals surface area (Å²) in [6.45, 7) is 6.41. The van der Waals surface area contributed by atoms with Gasteiger partial charge in [-0.15, -0.1) is 0 Å². The van der Waals surface area contributed by atoms with E-state index in [4.69, 9.17) is 5.73 Å². The molecule has 0 radical (unpaired) electrons. The van der Waals surface area contributed by atoms with E-state index in [1.807, 2.05) is 20.8 Å². The van der Waals surface area contributed by atoms with Crippen molar-refractivity contribution in [2.75, 3.05) is 6.54 Å². The van der Waals surface area contributed by atoms with Gasteiger partial charge in [-0.25, -0.2) is 0 Å². The zero-order valence-corrected chi connectivity index (χ0v) is 9.67. The van der Waals surface area contributed by atoms with Crippen LogP contribution in [0.3, 0.4) is 0 Å². The Morgan fingerprint density at radius 2 is 1.93 bits per heavy atom. The van der Waals surface area contributed by atoms with Crippen molar-refractivity contribution in [3.63, 3.8) is 0 Å². The van der Waals surface area contributed by atoms with E-state index in [0.717, 1.165) is 6.42 Å². The summed E-state index contributed by atoms with van der Waals surface area (Å²) < 4.78 is 0. The maximum atomic E-state index is 11.3. The Hall–Kier alpha value is -1.10. The lowest BCUT2D eigenvalue weighted by Gasteiger charge is -2.17. The minimum atomic E-state index is -0.582. The van der Waals surface area contributed by atoms with Gasteiger partial charge in [-0.05, 0) is 6.42 Å². The van der Waals surface area contributed by atoms with Crippen LogP contribution >= 0.6 is 0 Å². The van der Waals surface area contributed by atoms with Crippen LogP contribution in [0.2, 0.25) is 0 Å². The predicted octanol–water partition coefficient (Wildman–Crippen LogP) is -0.245. The van der Waals surface area contributed by atoms with E-state index in [1.54, 1.807) is 0 Å². The standard InChI is InChI=1S/C10H21N3O2/c1-4-5-12-9(14)6-8(10(11)15)13-7(2)3/h7-8,13H,4-6H2,1-3H3,(H2,11,15)(H,12,14). The van der Waals surface area contributed by atoms with Gasteiger partial charge in [-0.1, -0.05) is 20.8 Å². The summed E-state index contributed by atoms with van der Waals surface area (Å²) >= 11 is 0. The molecule has 1 unspecified atom stereocenters. The first-order valence-corrected chi connectivity index (χ1v) is 5.29. The number of nitrogens with one attached hydrogen (secondary N) is 2. The van der Waals surface area contributed by atoms with Gasteiger partial charge in [0.15, 0.2) is 0 Å². The summed E-state index contributed by atoms with van der Waals surface area (Å²) in [6, 6.07) is -0.455. The SMILES string of the molecule is CCCNC(=O)CC(NC(C)C)C(N)=O. The normalized spacial score (nSPS) is 12.5. The van der Waals surface area contributed by atoms with E-state index in [2.05, 4.69) is 10.6 Å². The molecule has 1 atom stereocenters. The van der Waals surface area contributed by atoms with E-state index >= 15 is 0 Å². The number of hydrogen-bond donors (Lipinski definition) is 3. The van der Waals surface area contributed by atoms with Crippen LogP contribution in [0.25, 0.3) is 0 Å². The highest BCUT2D eigenvalue weighted by Gasteiger charge is 2.19. The fourth-order valence-electron chi connectivity index (χ4n) is 1.17. The van der Waals surface area contributed by atoms with Crippen LogP contribution in [0.4, 0.5) is 0 Å². The first-order valence-electron chi connectivity index (χ1n) is 5.29. The molecule has 0 saturated heterocycles. The van der Waals surface area contributed by atoms with Crippen molar-refractivity contribution in [3.05, 3.63) is 0 Å². The Morgan fingerprint density at radius 3 is 2.33 bits per heavy atom.